The molecule has 3 rings (SSSR count). The van der Waals surface area contributed by atoms with Crippen molar-refractivity contribution in [3.05, 3.63) is 35.4 Å². The van der Waals surface area contributed by atoms with E-state index in [0.29, 0.717) is 38.4 Å². The molecule has 1 aliphatic carbocycles. The van der Waals surface area contributed by atoms with Crippen molar-refractivity contribution < 1.29 is 19.1 Å². The molecule has 2 fully saturated rings. The SMILES string of the molecule is CC(C)c1ccc(CCNC(=O)COC(=O)C2CCN(C(=O)C3CC3)CC2)cc1. The Bertz CT molecular complexity index is 717. The maximum Gasteiger partial charge on any atom is 0.309 e. The van der Waals surface area contributed by atoms with Crippen LogP contribution >= 0.6 is 0 Å². The average molecular weight is 401 g/mol. The monoisotopic (exact) mass is 400 g/mol. The molecule has 0 radical (unpaired) electrons. The molecule has 0 spiro atoms. The molecule has 1 saturated heterocycles. The van der Waals surface area contributed by atoms with Gasteiger partial charge in [0.05, 0.1) is 5.92 Å². The second-order valence-corrected chi connectivity index (χ2v) is 8.48. The number of piperidine rings is 1. The highest BCUT2D eigenvalue weighted by molar-refractivity contribution is 5.82. The van der Waals surface area contributed by atoms with Gasteiger partial charge in [-0.25, -0.2) is 0 Å². The molecule has 29 heavy (non-hydrogen) atoms. The molecule has 1 N–H and O–H groups in total. The van der Waals surface area contributed by atoms with E-state index < -0.39 is 0 Å². The molecule has 158 valence electrons. The molecule has 0 unspecified atom stereocenters. The molecule has 1 aromatic carbocycles. The van der Waals surface area contributed by atoms with Crippen LogP contribution in [0.2, 0.25) is 0 Å². The van der Waals surface area contributed by atoms with E-state index in [2.05, 4.69) is 43.4 Å². The summed E-state index contributed by atoms with van der Waals surface area (Å²) in [6.45, 7) is 5.81. The molecule has 1 saturated carbocycles. The van der Waals surface area contributed by atoms with E-state index in [1.165, 1.54) is 11.1 Å². The Kier molecular flexibility index (Phi) is 7.29. The lowest BCUT2D eigenvalue weighted by Gasteiger charge is -2.31. The Balaban J connectivity index is 1.30. The zero-order valence-corrected chi connectivity index (χ0v) is 17.5. The highest BCUT2D eigenvalue weighted by Gasteiger charge is 2.36. The van der Waals surface area contributed by atoms with Gasteiger partial charge in [-0.05, 0) is 49.1 Å². The summed E-state index contributed by atoms with van der Waals surface area (Å²) in [6, 6.07) is 8.41. The van der Waals surface area contributed by atoms with E-state index in [9.17, 15) is 14.4 Å². The molecule has 1 heterocycles. The first kappa shape index (κ1) is 21.3. The van der Waals surface area contributed by atoms with Crippen LogP contribution < -0.4 is 5.32 Å². The van der Waals surface area contributed by atoms with Crippen LogP contribution in [0.15, 0.2) is 24.3 Å². The number of carbonyl (C=O) groups is 3. The van der Waals surface area contributed by atoms with Crippen LogP contribution in [0.3, 0.4) is 0 Å². The van der Waals surface area contributed by atoms with Gasteiger partial charge in [-0.15, -0.1) is 0 Å². The minimum Gasteiger partial charge on any atom is -0.455 e. The van der Waals surface area contributed by atoms with E-state index in [-0.39, 0.29) is 36.2 Å². The Morgan fingerprint density at radius 2 is 1.69 bits per heavy atom. The number of amides is 2. The first-order valence-electron chi connectivity index (χ1n) is 10.7. The molecule has 0 bridgehead atoms. The van der Waals surface area contributed by atoms with Gasteiger partial charge in [-0.2, -0.15) is 0 Å². The summed E-state index contributed by atoms with van der Waals surface area (Å²) in [7, 11) is 0. The molecule has 6 nitrogen and oxygen atoms in total. The van der Waals surface area contributed by atoms with Crippen LogP contribution in [0.25, 0.3) is 0 Å². The van der Waals surface area contributed by atoms with E-state index >= 15 is 0 Å². The topological polar surface area (TPSA) is 75.7 Å². The van der Waals surface area contributed by atoms with Gasteiger partial charge >= 0.3 is 5.97 Å². The maximum atomic E-state index is 12.2. The van der Waals surface area contributed by atoms with Crippen LogP contribution in [-0.2, 0) is 25.5 Å². The lowest BCUT2D eigenvalue weighted by atomic mass is 9.97. The molecule has 2 amide bonds. The fourth-order valence-electron chi connectivity index (χ4n) is 3.65. The number of ether oxygens (including phenoxy) is 1. The minimum atomic E-state index is -0.331. The molecule has 0 atom stereocenters. The van der Waals surface area contributed by atoms with Gasteiger partial charge in [0.25, 0.3) is 5.91 Å². The Labute approximate surface area is 173 Å². The lowest BCUT2D eigenvalue weighted by molar-refractivity contribution is -0.155. The van der Waals surface area contributed by atoms with Gasteiger partial charge in [0, 0.05) is 25.6 Å². The van der Waals surface area contributed by atoms with Gasteiger partial charge in [0.1, 0.15) is 0 Å². The third-order valence-electron chi connectivity index (χ3n) is 5.79. The van der Waals surface area contributed by atoms with Gasteiger partial charge in [-0.3, -0.25) is 14.4 Å². The average Bonchev–Trinajstić information content (AvgIpc) is 3.57. The van der Waals surface area contributed by atoms with E-state index in [0.717, 1.165) is 19.3 Å². The normalized spacial score (nSPS) is 17.3. The highest BCUT2D eigenvalue weighted by Crippen LogP contribution is 2.32. The molecular formula is C23H32N2O4. The van der Waals surface area contributed by atoms with Crippen LogP contribution in [-0.4, -0.2) is 48.9 Å². The van der Waals surface area contributed by atoms with Crippen molar-refractivity contribution in [2.45, 2.75) is 51.9 Å². The number of nitrogens with zero attached hydrogens (tertiary/aromatic N) is 1. The van der Waals surface area contributed by atoms with Crippen molar-refractivity contribution >= 4 is 17.8 Å². The summed E-state index contributed by atoms with van der Waals surface area (Å²) in [5.74, 6) is 0.127. The van der Waals surface area contributed by atoms with Crippen molar-refractivity contribution in [2.75, 3.05) is 26.2 Å². The van der Waals surface area contributed by atoms with Crippen molar-refractivity contribution in [3.8, 4) is 0 Å². The Morgan fingerprint density at radius 3 is 2.28 bits per heavy atom. The number of benzene rings is 1. The summed E-state index contributed by atoms with van der Waals surface area (Å²) >= 11 is 0. The lowest BCUT2D eigenvalue weighted by Crippen LogP contribution is -2.41. The fraction of sp³-hybridized carbons (Fsp3) is 0.609. The van der Waals surface area contributed by atoms with Crippen molar-refractivity contribution in [3.63, 3.8) is 0 Å². The first-order valence-corrected chi connectivity index (χ1v) is 10.7. The molecule has 1 aliphatic heterocycles. The number of carbonyl (C=O) groups excluding carboxylic acids is 3. The molecule has 1 aromatic rings. The molecular weight excluding hydrogens is 368 g/mol. The second-order valence-electron chi connectivity index (χ2n) is 8.48. The fourth-order valence-corrected chi connectivity index (χ4v) is 3.65. The van der Waals surface area contributed by atoms with Crippen LogP contribution in [0.5, 0.6) is 0 Å². The smallest absolute Gasteiger partial charge is 0.309 e. The Hall–Kier alpha value is -2.37. The number of hydrogen-bond acceptors (Lipinski definition) is 4. The quantitative estimate of drug-likeness (QED) is 0.681. The summed E-state index contributed by atoms with van der Waals surface area (Å²) in [5.41, 5.74) is 2.46. The predicted molar refractivity (Wildman–Crippen MR) is 110 cm³/mol. The summed E-state index contributed by atoms with van der Waals surface area (Å²) in [6.07, 6.45) is 3.97. The third kappa shape index (κ3) is 6.31. The van der Waals surface area contributed by atoms with Gasteiger partial charge in [0.2, 0.25) is 5.91 Å². The predicted octanol–water partition coefficient (Wildman–Crippen LogP) is 2.66. The number of likely N-dealkylation sites (tertiary alicyclic amines) is 1. The zero-order chi connectivity index (χ0) is 20.8. The summed E-state index contributed by atoms with van der Waals surface area (Å²) in [4.78, 5) is 38.1. The van der Waals surface area contributed by atoms with Crippen LogP contribution in [0, 0.1) is 11.8 Å². The van der Waals surface area contributed by atoms with Crippen molar-refractivity contribution in [1.82, 2.24) is 10.2 Å². The number of esters is 1. The standard InChI is InChI=1S/C23H32N2O4/c1-16(2)18-5-3-17(4-6-18)9-12-24-21(26)15-29-23(28)20-10-13-25(14-11-20)22(27)19-7-8-19/h3-6,16,19-20H,7-15H2,1-2H3,(H,24,26). The number of hydrogen-bond donors (Lipinski definition) is 1. The third-order valence-corrected chi connectivity index (χ3v) is 5.79. The second kappa shape index (κ2) is 9.90. The van der Waals surface area contributed by atoms with Crippen molar-refractivity contribution in [2.24, 2.45) is 11.8 Å². The highest BCUT2D eigenvalue weighted by atomic mass is 16.5. The molecule has 2 aliphatic rings. The van der Waals surface area contributed by atoms with Gasteiger partial charge in [0.15, 0.2) is 6.61 Å². The summed E-state index contributed by atoms with van der Waals surface area (Å²) in [5, 5.41) is 2.80. The van der Waals surface area contributed by atoms with Crippen LogP contribution in [0.1, 0.15) is 56.6 Å². The number of nitrogens with one attached hydrogen (secondary N) is 1. The van der Waals surface area contributed by atoms with Gasteiger partial charge in [-0.1, -0.05) is 38.1 Å². The minimum absolute atomic E-state index is 0.217. The zero-order valence-electron chi connectivity index (χ0n) is 17.5. The van der Waals surface area contributed by atoms with Crippen molar-refractivity contribution in [1.29, 1.82) is 0 Å². The number of rotatable bonds is 8. The summed E-state index contributed by atoms with van der Waals surface area (Å²) < 4.78 is 5.19. The first-order chi connectivity index (χ1) is 13.9. The van der Waals surface area contributed by atoms with E-state index in [1.54, 1.807) is 0 Å². The van der Waals surface area contributed by atoms with Gasteiger partial charge < -0.3 is 15.0 Å². The van der Waals surface area contributed by atoms with E-state index in [4.69, 9.17) is 4.74 Å². The maximum absolute atomic E-state index is 12.2. The van der Waals surface area contributed by atoms with Crippen LogP contribution in [0.4, 0.5) is 0 Å². The molecule has 6 heteroatoms. The largest absolute Gasteiger partial charge is 0.455 e. The van der Waals surface area contributed by atoms with E-state index in [1.807, 2.05) is 4.90 Å². The molecule has 0 aromatic heterocycles. The Morgan fingerprint density at radius 1 is 1.03 bits per heavy atom.